The van der Waals surface area contributed by atoms with E-state index in [1.54, 1.807) is 6.07 Å². The molecule has 0 atom stereocenters. The molecule has 0 spiro atoms. The maximum absolute atomic E-state index is 13.4. The Kier molecular flexibility index (Phi) is 9.49. The van der Waals surface area contributed by atoms with Gasteiger partial charge in [0, 0.05) is 36.1 Å². The van der Waals surface area contributed by atoms with Crippen molar-refractivity contribution in [1.82, 2.24) is 25.2 Å². The van der Waals surface area contributed by atoms with E-state index in [9.17, 15) is 4.39 Å². The molecular formula is C22H29ClFIN6. The highest BCUT2D eigenvalue weighted by Crippen LogP contribution is 2.30. The number of hydrogen-bond donors (Lipinski definition) is 2. The van der Waals surface area contributed by atoms with Gasteiger partial charge in [0.25, 0.3) is 0 Å². The van der Waals surface area contributed by atoms with Crippen LogP contribution in [0.1, 0.15) is 38.6 Å². The molecule has 0 fully saturated rings. The molecule has 2 N–H and O–H groups in total. The fourth-order valence-corrected chi connectivity index (χ4v) is 3.68. The van der Waals surface area contributed by atoms with Gasteiger partial charge in [-0.1, -0.05) is 37.6 Å². The van der Waals surface area contributed by atoms with Crippen LogP contribution in [-0.4, -0.2) is 40.2 Å². The average Bonchev–Trinajstić information content (AvgIpc) is 3.12. The van der Waals surface area contributed by atoms with Crippen molar-refractivity contribution >= 4 is 47.2 Å². The Hall–Kier alpha value is -1.94. The minimum absolute atomic E-state index is 0. The van der Waals surface area contributed by atoms with Crippen LogP contribution in [0.4, 0.5) is 4.39 Å². The molecule has 3 rings (SSSR count). The first-order valence-electron chi connectivity index (χ1n) is 10.2. The Morgan fingerprint density at radius 2 is 2.00 bits per heavy atom. The molecule has 168 valence electrons. The lowest BCUT2D eigenvalue weighted by atomic mass is 9.84. The highest BCUT2D eigenvalue weighted by molar-refractivity contribution is 14.0. The van der Waals surface area contributed by atoms with Gasteiger partial charge in [0.15, 0.2) is 11.6 Å². The Labute approximate surface area is 204 Å². The Morgan fingerprint density at radius 3 is 2.74 bits per heavy atom. The molecule has 0 radical (unpaired) electrons. The zero-order valence-electron chi connectivity index (χ0n) is 18.0. The van der Waals surface area contributed by atoms with E-state index in [1.807, 2.05) is 35.7 Å². The van der Waals surface area contributed by atoms with Crippen LogP contribution in [0.3, 0.4) is 0 Å². The van der Waals surface area contributed by atoms with E-state index < -0.39 is 0 Å². The second kappa shape index (κ2) is 11.6. The van der Waals surface area contributed by atoms with Crippen molar-refractivity contribution in [3.8, 4) is 0 Å². The summed E-state index contributed by atoms with van der Waals surface area (Å²) in [5.74, 6) is 1.36. The standard InChI is InChI=1S/C22H28ClFN6.HI/c1-4-25-21(27-15-22(2,3)17-11-10-16(24)14-18(17)23)26-12-7-9-20-29-28-19-8-5-6-13-30(19)20;/h5-6,8,10-11,13-14H,4,7,9,12,15H2,1-3H3,(H2,25,26,27);1H. The third kappa shape index (κ3) is 6.77. The van der Waals surface area contributed by atoms with Crippen LogP contribution in [0.2, 0.25) is 5.02 Å². The summed E-state index contributed by atoms with van der Waals surface area (Å²) in [6, 6.07) is 10.4. The monoisotopic (exact) mass is 558 g/mol. The molecule has 2 heterocycles. The van der Waals surface area contributed by atoms with E-state index in [1.165, 1.54) is 12.1 Å². The summed E-state index contributed by atoms with van der Waals surface area (Å²) in [5, 5.41) is 15.5. The first kappa shape index (κ1) is 25.3. The second-order valence-corrected chi connectivity index (χ2v) is 8.19. The van der Waals surface area contributed by atoms with Crippen molar-refractivity contribution in [3.05, 3.63) is 64.8 Å². The summed E-state index contributed by atoms with van der Waals surface area (Å²) in [6.07, 6.45) is 3.69. The summed E-state index contributed by atoms with van der Waals surface area (Å²) >= 11 is 6.25. The van der Waals surface area contributed by atoms with Crippen LogP contribution < -0.4 is 10.6 Å². The topological polar surface area (TPSA) is 66.6 Å². The van der Waals surface area contributed by atoms with Gasteiger partial charge in [0.05, 0.1) is 6.54 Å². The molecule has 6 nitrogen and oxygen atoms in total. The molecule has 2 aromatic heterocycles. The van der Waals surface area contributed by atoms with Gasteiger partial charge in [-0.2, -0.15) is 0 Å². The van der Waals surface area contributed by atoms with Crippen molar-refractivity contribution in [2.24, 2.45) is 4.99 Å². The van der Waals surface area contributed by atoms with Crippen molar-refractivity contribution in [2.45, 2.75) is 39.0 Å². The van der Waals surface area contributed by atoms with Crippen molar-refractivity contribution in [3.63, 3.8) is 0 Å². The lowest BCUT2D eigenvalue weighted by molar-refractivity contribution is 0.534. The number of halogens is 3. The molecule has 0 unspecified atom stereocenters. The molecule has 0 aliphatic rings. The van der Waals surface area contributed by atoms with Gasteiger partial charge >= 0.3 is 0 Å². The molecule has 9 heteroatoms. The fraction of sp³-hybridized carbons (Fsp3) is 0.409. The van der Waals surface area contributed by atoms with Gasteiger partial charge < -0.3 is 10.6 Å². The first-order valence-corrected chi connectivity index (χ1v) is 10.5. The number of guanidine groups is 1. The third-order valence-corrected chi connectivity index (χ3v) is 5.20. The summed E-state index contributed by atoms with van der Waals surface area (Å²) in [7, 11) is 0. The van der Waals surface area contributed by atoms with E-state index in [0.29, 0.717) is 11.6 Å². The van der Waals surface area contributed by atoms with Crippen LogP contribution in [-0.2, 0) is 11.8 Å². The second-order valence-electron chi connectivity index (χ2n) is 7.78. The number of aliphatic imine (C=N–C) groups is 1. The molecule has 0 saturated carbocycles. The predicted octanol–water partition coefficient (Wildman–Crippen LogP) is 4.61. The lowest BCUT2D eigenvalue weighted by Gasteiger charge is -2.25. The molecule has 1 aromatic carbocycles. The number of pyridine rings is 1. The van der Waals surface area contributed by atoms with E-state index in [4.69, 9.17) is 16.6 Å². The first-order chi connectivity index (χ1) is 14.4. The van der Waals surface area contributed by atoms with Crippen LogP contribution in [0.5, 0.6) is 0 Å². The van der Waals surface area contributed by atoms with Crippen molar-refractivity contribution in [1.29, 1.82) is 0 Å². The number of nitrogens with zero attached hydrogens (tertiary/aromatic N) is 4. The SMILES string of the molecule is CCNC(=NCC(C)(C)c1ccc(F)cc1Cl)NCCCc1nnc2ccccn12.I. The van der Waals surface area contributed by atoms with Crippen molar-refractivity contribution < 1.29 is 4.39 Å². The van der Waals surface area contributed by atoms with Crippen LogP contribution in [0, 0.1) is 5.82 Å². The maximum atomic E-state index is 13.4. The van der Waals surface area contributed by atoms with E-state index in [2.05, 4.69) is 34.7 Å². The summed E-state index contributed by atoms with van der Waals surface area (Å²) in [6.45, 7) is 8.17. The molecule has 31 heavy (non-hydrogen) atoms. The summed E-state index contributed by atoms with van der Waals surface area (Å²) in [5.41, 5.74) is 1.41. The Bertz CT molecular complexity index is 1020. The average molecular weight is 559 g/mol. The van der Waals surface area contributed by atoms with Gasteiger partial charge in [-0.05, 0) is 43.2 Å². The Morgan fingerprint density at radius 1 is 1.19 bits per heavy atom. The molecule has 0 aliphatic carbocycles. The fourth-order valence-electron chi connectivity index (χ4n) is 3.26. The van der Waals surface area contributed by atoms with Gasteiger partial charge in [0.1, 0.15) is 11.6 Å². The van der Waals surface area contributed by atoms with Gasteiger partial charge in [-0.15, -0.1) is 34.2 Å². The van der Waals surface area contributed by atoms with Gasteiger partial charge in [-0.3, -0.25) is 9.39 Å². The van der Waals surface area contributed by atoms with E-state index >= 15 is 0 Å². The van der Waals surface area contributed by atoms with E-state index in [0.717, 1.165) is 48.9 Å². The minimum Gasteiger partial charge on any atom is -0.357 e. The molecule has 3 aromatic rings. The zero-order chi connectivity index (χ0) is 21.6. The summed E-state index contributed by atoms with van der Waals surface area (Å²) < 4.78 is 15.4. The molecule has 0 saturated heterocycles. The Balaban J connectivity index is 0.00000341. The van der Waals surface area contributed by atoms with Gasteiger partial charge in [-0.25, -0.2) is 4.39 Å². The molecule has 0 bridgehead atoms. The normalized spacial score (nSPS) is 12.0. The number of aromatic nitrogens is 3. The largest absolute Gasteiger partial charge is 0.357 e. The third-order valence-electron chi connectivity index (χ3n) is 4.89. The number of benzene rings is 1. The van der Waals surface area contributed by atoms with Crippen LogP contribution >= 0.6 is 35.6 Å². The molecule has 0 amide bonds. The summed E-state index contributed by atoms with van der Waals surface area (Å²) in [4.78, 5) is 4.72. The van der Waals surface area contributed by atoms with Crippen LogP contribution in [0.15, 0.2) is 47.6 Å². The number of aryl methyl sites for hydroxylation is 1. The number of hydrogen-bond acceptors (Lipinski definition) is 3. The van der Waals surface area contributed by atoms with Crippen LogP contribution in [0.25, 0.3) is 5.65 Å². The highest BCUT2D eigenvalue weighted by atomic mass is 127. The number of nitrogens with one attached hydrogen (secondary N) is 2. The highest BCUT2D eigenvalue weighted by Gasteiger charge is 2.23. The van der Waals surface area contributed by atoms with Gasteiger partial charge in [0.2, 0.25) is 0 Å². The molecular weight excluding hydrogens is 530 g/mol. The predicted molar refractivity (Wildman–Crippen MR) is 135 cm³/mol. The smallest absolute Gasteiger partial charge is 0.191 e. The minimum atomic E-state index is -0.335. The maximum Gasteiger partial charge on any atom is 0.191 e. The molecule has 0 aliphatic heterocycles. The number of rotatable bonds is 8. The van der Waals surface area contributed by atoms with Crippen molar-refractivity contribution in [2.75, 3.05) is 19.6 Å². The lowest BCUT2D eigenvalue weighted by Crippen LogP contribution is -2.39. The zero-order valence-corrected chi connectivity index (χ0v) is 21.1. The number of fused-ring (bicyclic) bond motifs is 1. The quantitative estimate of drug-likeness (QED) is 0.184. The van der Waals surface area contributed by atoms with E-state index in [-0.39, 0.29) is 35.2 Å².